The molecule has 1 aliphatic rings. The normalized spacial score (nSPS) is 13.8. The molecule has 0 saturated carbocycles. The Bertz CT molecular complexity index is 615. The second-order valence-corrected chi connectivity index (χ2v) is 5.12. The monoisotopic (exact) mass is 270 g/mol. The molecule has 3 N–H and O–H groups in total. The third-order valence-electron chi connectivity index (χ3n) is 3.60. The van der Waals surface area contributed by atoms with E-state index < -0.39 is 0 Å². The zero-order chi connectivity index (χ0) is 13.9. The maximum atomic E-state index is 12.2. The summed E-state index contributed by atoms with van der Waals surface area (Å²) in [4.78, 5) is 12.2. The van der Waals surface area contributed by atoms with E-state index in [4.69, 9.17) is 0 Å². The summed E-state index contributed by atoms with van der Waals surface area (Å²) in [5.74, 6) is -0.119. The van der Waals surface area contributed by atoms with Gasteiger partial charge >= 0.3 is 0 Å². The van der Waals surface area contributed by atoms with E-state index in [1.165, 1.54) is 5.56 Å². The summed E-state index contributed by atoms with van der Waals surface area (Å²) >= 11 is 0. The van der Waals surface area contributed by atoms with E-state index in [0.29, 0.717) is 18.8 Å². The molecule has 0 fully saturated rings. The molecule has 0 radical (unpaired) electrons. The van der Waals surface area contributed by atoms with E-state index in [0.717, 1.165) is 29.8 Å². The summed E-state index contributed by atoms with van der Waals surface area (Å²) in [6, 6.07) is 8.14. The van der Waals surface area contributed by atoms with Crippen LogP contribution in [0.1, 0.15) is 32.9 Å². The molecule has 0 bridgehead atoms. The van der Waals surface area contributed by atoms with E-state index in [1.54, 1.807) is 0 Å². The number of benzene rings is 1. The quantitative estimate of drug-likeness (QED) is 0.787. The smallest absolute Gasteiger partial charge is 0.272 e. The molecule has 3 rings (SSSR count). The summed E-state index contributed by atoms with van der Waals surface area (Å²) in [6.07, 6.45) is 0.896. The minimum absolute atomic E-state index is 0.119. The van der Waals surface area contributed by atoms with Crippen molar-refractivity contribution in [2.75, 3.05) is 6.54 Å². The summed E-state index contributed by atoms with van der Waals surface area (Å²) in [5.41, 5.74) is 4.89. The van der Waals surface area contributed by atoms with Gasteiger partial charge in [0, 0.05) is 37.3 Å². The van der Waals surface area contributed by atoms with Crippen LogP contribution in [0.3, 0.4) is 0 Å². The van der Waals surface area contributed by atoms with Gasteiger partial charge in [0.15, 0.2) is 5.69 Å². The lowest BCUT2D eigenvalue weighted by Crippen LogP contribution is -2.28. The van der Waals surface area contributed by atoms with Gasteiger partial charge in [-0.1, -0.05) is 29.8 Å². The summed E-state index contributed by atoms with van der Waals surface area (Å²) in [7, 11) is 0. The van der Waals surface area contributed by atoms with Crippen molar-refractivity contribution in [3.63, 3.8) is 0 Å². The first-order valence-corrected chi connectivity index (χ1v) is 6.84. The fourth-order valence-electron chi connectivity index (χ4n) is 2.39. The number of carbonyl (C=O) groups excluding carboxylic acids is 1. The largest absolute Gasteiger partial charge is 0.347 e. The molecule has 5 nitrogen and oxygen atoms in total. The van der Waals surface area contributed by atoms with E-state index in [-0.39, 0.29) is 5.91 Å². The molecule has 1 aromatic heterocycles. The Labute approximate surface area is 117 Å². The summed E-state index contributed by atoms with van der Waals surface area (Å²) in [6.45, 7) is 4.21. The highest BCUT2D eigenvalue weighted by Crippen LogP contribution is 2.15. The van der Waals surface area contributed by atoms with Crippen LogP contribution in [0, 0.1) is 6.92 Å². The lowest BCUT2D eigenvalue weighted by Gasteiger charge is -2.12. The number of hydrogen-bond donors (Lipinski definition) is 3. The zero-order valence-electron chi connectivity index (χ0n) is 11.5. The Balaban J connectivity index is 1.67. The first-order valence-electron chi connectivity index (χ1n) is 6.84. The van der Waals surface area contributed by atoms with Gasteiger partial charge in [0.2, 0.25) is 0 Å². The van der Waals surface area contributed by atoms with Crippen LogP contribution < -0.4 is 10.6 Å². The molecule has 0 spiro atoms. The van der Waals surface area contributed by atoms with Crippen molar-refractivity contribution >= 4 is 5.91 Å². The minimum Gasteiger partial charge on any atom is -0.347 e. The zero-order valence-corrected chi connectivity index (χ0v) is 11.5. The maximum Gasteiger partial charge on any atom is 0.272 e. The first kappa shape index (κ1) is 12.9. The van der Waals surface area contributed by atoms with Crippen LogP contribution in [0.4, 0.5) is 0 Å². The number of hydrogen-bond acceptors (Lipinski definition) is 3. The lowest BCUT2D eigenvalue weighted by molar-refractivity contribution is 0.0944. The average Bonchev–Trinajstić information content (AvgIpc) is 2.90. The van der Waals surface area contributed by atoms with E-state index in [1.807, 2.05) is 31.2 Å². The summed E-state index contributed by atoms with van der Waals surface area (Å²) in [5, 5.41) is 13.3. The van der Waals surface area contributed by atoms with Gasteiger partial charge in [-0.2, -0.15) is 5.10 Å². The third kappa shape index (κ3) is 2.58. The van der Waals surface area contributed by atoms with Gasteiger partial charge in [0.05, 0.1) is 0 Å². The van der Waals surface area contributed by atoms with Crippen LogP contribution in [-0.4, -0.2) is 22.6 Å². The minimum atomic E-state index is -0.119. The highest BCUT2D eigenvalue weighted by molar-refractivity contribution is 5.94. The second kappa shape index (κ2) is 5.46. The molecule has 0 aliphatic carbocycles. The predicted octanol–water partition coefficient (Wildman–Crippen LogP) is 1.29. The number of nitrogens with one attached hydrogen (secondary N) is 3. The van der Waals surface area contributed by atoms with Crippen LogP contribution >= 0.6 is 0 Å². The van der Waals surface area contributed by atoms with Gasteiger partial charge in [0.25, 0.3) is 5.91 Å². The third-order valence-corrected chi connectivity index (χ3v) is 3.60. The molecular formula is C15H18N4O. The molecule has 104 valence electrons. The second-order valence-electron chi connectivity index (χ2n) is 5.12. The number of aryl methyl sites for hydroxylation is 1. The van der Waals surface area contributed by atoms with Gasteiger partial charge < -0.3 is 10.6 Å². The highest BCUT2D eigenvalue weighted by atomic mass is 16.1. The van der Waals surface area contributed by atoms with Gasteiger partial charge in [-0.25, -0.2) is 0 Å². The molecule has 1 aromatic carbocycles. The van der Waals surface area contributed by atoms with Gasteiger partial charge in [-0.3, -0.25) is 9.89 Å². The number of carbonyl (C=O) groups is 1. The molecule has 0 saturated heterocycles. The molecular weight excluding hydrogens is 252 g/mol. The van der Waals surface area contributed by atoms with E-state index >= 15 is 0 Å². The van der Waals surface area contributed by atoms with Crippen molar-refractivity contribution in [2.45, 2.75) is 26.4 Å². The summed E-state index contributed by atoms with van der Waals surface area (Å²) < 4.78 is 0. The van der Waals surface area contributed by atoms with Crippen LogP contribution in [0.15, 0.2) is 24.3 Å². The molecule has 0 unspecified atom stereocenters. The predicted molar refractivity (Wildman–Crippen MR) is 76.3 cm³/mol. The number of rotatable bonds is 3. The van der Waals surface area contributed by atoms with Crippen LogP contribution in [0.25, 0.3) is 0 Å². The molecule has 1 amide bonds. The van der Waals surface area contributed by atoms with Crippen molar-refractivity contribution in [2.24, 2.45) is 0 Å². The lowest BCUT2D eigenvalue weighted by atomic mass is 10.1. The van der Waals surface area contributed by atoms with E-state index in [9.17, 15) is 4.79 Å². The fraction of sp³-hybridized carbons (Fsp3) is 0.333. The molecule has 20 heavy (non-hydrogen) atoms. The first-order chi connectivity index (χ1) is 9.74. The number of H-pyrrole nitrogens is 1. The van der Waals surface area contributed by atoms with Gasteiger partial charge in [-0.05, 0) is 12.5 Å². The standard InChI is InChI=1S/C15H18N4O/c1-10-2-4-11(5-3-10)8-17-15(20)14-12-9-16-7-6-13(12)18-19-14/h2-5,16H,6-9H2,1H3,(H,17,20)(H,18,19). The molecule has 2 heterocycles. The Morgan fingerprint density at radius 3 is 2.95 bits per heavy atom. The Morgan fingerprint density at radius 1 is 1.35 bits per heavy atom. The Morgan fingerprint density at radius 2 is 2.15 bits per heavy atom. The topological polar surface area (TPSA) is 69.8 Å². The highest BCUT2D eigenvalue weighted by Gasteiger charge is 2.21. The van der Waals surface area contributed by atoms with E-state index in [2.05, 4.69) is 20.8 Å². The van der Waals surface area contributed by atoms with Crippen molar-refractivity contribution in [1.29, 1.82) is 0 Å². The van der Waals surface area contributed by atoms with Crippen molar-refractivity contribution < 1.29 is 4.79 Å². The SMILES string of the molecule is Cc1ccc(CNC(=O)c2n[nH]c3c2CNCC3)cc1. The Hall–Kier alpha value is -2.14. The van der Waals surface area contributed by atoms with Crippen LogP contribution in [-0.2, 0) is 19.5 Å². The molecule has 5 heteroatoms. The van der Waals surface area contributed by atoms with Crippen LogP contribution in [0.5, 0.6) is 0 Å². The number of aromatic nitrogens is 2. The maximum absolute atomic E-state index is 12.2. The van der Waals surface area contributed by atoms with Crippen molar-refractivity contribution in [1.82, 2.24) is 20.8 Å². The number of amides is 1. The number of nitrogens with zero attached hydrogens (tertiary/aromatic N) is 1. The number of aromatic amines is 1. The van der Waals surface area contributed by atoms with Gasteiger partial charge in [-0.15, -0.1) is 0 Å². The van der Waals surface area contributed by atoms with Crippen molar-refractivity contribution in [3.05, 3.63) is 52.3 Å². The van der Waals surface area contributed by atoms with Crippen molar-refractivity contribution in [3.8, 4) is 0 Å². The average molecular weight is 270 g/mol. The van der Waals surface area contributed by atoms with Crippen LogP contribution in [0.2, 0.25) is 0 Å². The molecule has 2 aromatic rings. The fourth-order valence-corrected chi connectivity index (χ4v) is 2.39. The van der Waals surface area contributed by atoms with Gasteiger partial charge in [0.1, 0.15) is 0 Å². The molecule has 1 aliphatic heterocycles. The number of fused-ring (bicyclic) bond motifs is 1. The Kier molecular flexibility index (Phi) is 3.52. The molecule has 0 atom stereocenters.